The summed E-state index contributed by atoms with van der Waals surface area (Å²) < 4.78 is 11.3. The Morgan fingerprint density at radius 3 is 2.77 bits per heavy atom. The fourth-order valence-corrected chi connectivity index (χ4v) is 3.97. The maximum atomic E-state index is 6.34. The van der Waals surface area contributed by atoms with Gasteiger partial charge in [-0.2, -0.15) is 0 Å². The highest BCUT2D eigenvalue weighted by Crippen LogP contribution is 2.41. The van der Waals surface area contributed by atoms with Crippen molar-refractivity contribution in [2.24, 2.45) is 4.99 Å². The second-order valence-corrected chi connectivity index (χ2v) is 7.87. The third kappa shape index (κ3) is 5.86. The molecule has 0 saturated carbocycles. The van der Waals surface area contributed by atoms with Crippen LogP contribution in [0.4, 0.5) is 0 Å². The molecule has 0 unspecified atom stereocenters. The second-order valence-electron chi connectivity index (χ2n) is 7.43. The molecule has 1 aromatic heterocycles. The fraction of sp³-hybridized carbons (Fsp3) is 0.478. The summed E-state index contributed by atoms with van der Waals surface area (Å²) in [5.74, 6) is 1.66. The van der Waals surface area contributed by atoms with Gasteiger partial charge >= 0.3 is 0 Å². The number of nitrogens with zero attached hydrogens (tertiary/aromatic N) is 2. The van der Waals surface area contributed by atoms with Gasteiger partial charge in [0.2, 0.25) is 0 Å². The third-order valence-corrected chi connectivity index (χ3v) is 5.70. The van der Waals surface area contributed by atoms with Crippen LogP contribution in [0.1, 0.15) is 31.0 Å². The molecule has 1 aliphatic rings. The SMILES string of the molecule is CCNC(=NCC1(c2cc(Cl)ccc2OC)CCOCC1)NCCc1ccccn1. The quantitative estimate of drug-likeness (QED) is 0.494. The molecule has 0 aliphatic carbocycles. The van der Waals surface area contributed by atoms with E-state index in [1.165, 1.54) is 0 Å². The lowest BCUT2D eigenvalue weighted by molar-refractivity contribution is 0.0523. The number of guanidine groups is 1. The Morgan fingerprint density at radius 2 is 2.07 bits per heavy atom. The smallest absolute Gasteiger partial charge is 0.191 e. The molecule has 0 spiro atoms. The largest absolute Gasteiger partial charge is 0.496 e. The molecule has 0 bridgehead atoms. The van der Waals surface area contributed by atoms with Crippen molar-refractivity contribution in [2.45, 2.75) is 31.6 Å². The first-order valence-electron chi connectivity index (χ1n) is 10.5. The minimum Gasteiger partial charge on any atom is -0.496 e. The van der Waals surface area contributed by atoms with E-state index in [-0.39, 0.29) is 5.41 Å². The van der Waals surface area contributed by atoms with Crippen LogP contribution in [0.5, 0.6) is 5.75 Å². The van der Waals surface area contributed by atoms with E-state index >= 15 is 0 Å². The standard InChI is InChI=1S/C23H31ClN4O2/c1-3-25-22(27-13-9-19-6-4-5-12-26-19)28-17-23(10-14-30-15-11-23)20-16-18(24)7-8-21(20)29-2/h4-8,12,16H,3,9-11,13-15,17H2,1-2H3,(H2,25,27,28). The zero-order valence-electron chi connectivity index (χ0n) is 17.8. The zero-order valence-corrected chi connectivity index (χ0v) is 18.5. The Kier molecular flexibility index (Phi) is 8.34. The lowest BCUT2D eigenvalue weighted by Crippen LogP contribution is -2.42. The van der Waals surface area contributed by atoms with Crippen LogP contribution >= 0.6 is 11.6 Å². The van der Waals surface area contributed by atoms with Crippen molar-refractivity contribution in [1.82, 2.24) is 15.6 Å². The van der Waals surface area contributed by atoms with Gasteiger partial charge in [0.25, 0.3) is 0 Å². The lowest BCUT2D eigenvalue weighted by Gasteiger charge is -2.37. The highest BCUT2D eigenvalue weighted by molar-refractivity contribution is 6.30. The summed E-state index contributed by atoms with van der Waals surface area (Å²) in [6, 6.07) is 11.8. The van der Waals surface area contributed by atoms with Crippen molar-refractivity contribution in [2.75, 3.05) is 40.0 Å². The van der Waals surface area contributed by atoms with Crippen molar-refractivity contribution < 1.29 is 9.47 Å². The molecular formula is C23H31ClN4O2. The van der Waals surface area contributed by atoms with E-state index in [1.807, 2.05) is 42.6 Å². The van der Waals surface area contributed by atoms with Gasteiger partial charge < -0.3 is 20.1 Å². The van der Waals surface area contributed by atoms with Crippen LogP contribution in [0.25, 0.3) is 0 Å². The van der Waals surface area contributed by atoms with E-state index < -0.39 is 0 Å². The number of rotatable bonds is 8. The Balaban J connectivity index is 1.77. The van der Waals surface area contributed by atoms with Gasteiger partial charge in [-0.1, -0.05) is 17.7 Å². The lowest BCUT2D eigenvalue weighted by atomic mass is 9.73. The number of hydrogen-bond donors (Lipinski definition) is 2. The topological polar surface area (TPSA) is 67.8 Å². The fourth-order valence-electron chi connectivity index (χ4n) is 3.80. The maximum absolute atomic E-state index is 6.34. The average Bonchev–Trinajstić information content (AvgIpc) is 2.79. The van der Waals surface area contributed by atoms with Crippen LogP contribution in [-0.2, 0) is 16.6 Å². The first kappa shape index (κ1) is 22.4. The van der Waals surface area contributed by atoms with Crippen LogP contribution in [0.15, 0.2) is 47.6 Å². The molecule has 0 amide bonds. The number of aliphatic imine (C=N–C) groups is 1. The van der Waals surface area contributed by atoms with Gasteiger partial charge in [0.05, 0.1) is 13.7 Å². The number of pyridine rings is 1. The van der Waals surface area contributed by atoms with Gasteiger partial charge in [0, 0.05) is 60.6 Å². The van der Waals surface area contributed by atoms with Crippen molar-refractivity contribution in [3.63, 3.8) is 0 Å². The Hall–Kier alpha value is -2.31. The third-order valence-electron chi connectivity index (χ3n) is 5.47. The second kappa shape index (κ2) is 11.2. The maximum Gasteiger partial charge on any atom is 0.191 e. The number of methoxy groups -OCH3 is 1. The van der Waals surface area contributed by atoms with E-state index in [2.05, 4.69) is 22.5 Å². The molecule has 1 aliphatic heterocycles. The molecule has 1 fully saturated rings. The number of nitrogens with one attached hydrogen (secondary N) is 2. The molecular weight excluding hydrogens is 400 g/mol. The summed E-state index contributed by atoms with van der Waals surface area (Å²) in [5.41, 5.74) is 2.00. The first-order valence-corrected chi connectivity index (χ1v) is 10.9. The molecule has 6 nitrogen and oxygen atoms in total. The number of halogens is 1. The van der Waals surface area contributed by atoms with E-state index in [0.717, 1.165) is 55.3 Å². The van der Waals surface area contributed by atoms with E-state index in [1.54, 1.807) is 7.11 Å². The number of ether oxygens (including phenoxy) is 2. The molecule has 7 heteroatoms. The monoisotopic (exact) mass is 430 g/mol. The summed E-state index contributed by atoms with van der Waals surface area (Å²) in [6.07, 6.45) is 4.41. The average molecular weight is 431 g/mol. The highest BCUT2D eigenvalue weighted by atomic mass is 35.5. The minimum absolute atomic E-state index is 0.169. The van der Waals surface area contributed by atoms with Gasteiger partial charge in [0.1, 0.15) is 5.75 Å². The molecule has 0 radical (unpaired) electrons. The molecule has 1 aromatic carbocycles. The number of aromatic nitrogens is 1. The molecule has 2 heterocycles. The highest BCUT2D eigenvalue weighted by Gasteiger charge is 2.37. The van der Waals surface area contributed by atoms with Crippen molar-refractivity contribution in [3.05, 3.63) is 58.9 Å². The molecule has 162 valence electrons. The Labute approximate surface area is 184 Å². The van der Waals surface area contributed by atoms with Gasteiger partial charge in [-0.3, -0.25) is 9.98 Å². The predicted octanol–water partition coefficient (Wildman–Crippen LogP) is 3.59. The summed E-state index contributed by atoms with van der Waals surface area (Å²) in [6.45, 7) is 5.67. The van der Waals surface area contributed by atoms with Crippen LogP contribution < -0.4 is 15.4 Å². The van der Waals surface area contributed by atoms with Gasteiger partial charge in [-0.05, 0) is 50.1 Å². The van der Waals surface area contributed by atoms with Crippen molar-refractivity contribution in [3.8, 4) is 5.75 Å². The minimum atomic E-state index is -0.169. The van der Waals surface area contributed by atoms with Crippen molar-refractivity contribution in [1.29, 1.82) is 0 Å². The normalized spacial score (nSPS) is 16.2. The number of benzene rings is 1. The van der Waals surface area contributed by atoms with Gasteiger partial charge in [0.15, 0.2) is 5.96 Å². The summed E-state index contributed by atoms with van der Waals surface area (Å²) in [7, 11) is 1.70. The summed E-state index contributed by atoms with van der Waals surface area (Å²) in [5, 5.41) is 7.48. The molecule has 30 heavy (non-hydrogen) atoms. The van der Waals surface area contributed by atoms with E-state index in [9.17, 15) is 0 Å². The van der Waals surface area contributed by atoms with Gasteiger partial charge in [-0.15, -0.1) is 0 Å². The Morgan fingerprint density at radius 1 is 1.23 bits per heavy atom. The molecule has 3 rings (SSSR count). The molecule has 2 aromatic rings. The van der Waals surface area contributed by atoms with Crippen LogP contribution in [0.3, 0.4) is 0 Å². The molecule has 1 saturated heterocycles. The van der Waals surface area contributed by atoms with E-state index in [4.69, 9.17) is 26.1 Å². The molecule has 2 N–H and O–H groups in total. The summed E-state index contributed by atoms with van der Waals surface area (Å²) in [4.78, 5) is 9.32. The predicted molar refractivity (Wildman–Crippen MR) is 122 cm³/mol. The van der Waals surface area contributed by atoms with Crippen LogP contribution in [-0.4, -0.2) is 50.9 Å². The first-order chi connectivity index (χ1) is 14.7. The van der Waals surface area contributed by atoms with Crippen molar-refractivity contribution >= 4 is 17.6 Å². The van der Waals surface area contributed by atoms with E-state index in [0.29, 0.717) is 24.8 Å². The summed E-state index contributed by atoms with van der Waals surface area (Å²) >= 11 is 6.34. The van der Waals surface area contributed by atoms with Crippen LogP contribution in [0, 0.1) is 0 Å². The van der Waals surface area contributed by atoms with Crippen LogP contribution in [0.2, 0.25) is 5.02 Å². The number of hydrogen-bond acceptors (Lipinski definition) is 4. The molecule has 0 atom stereocenters. The Bertz CT molecular complexity index is 823. The van der Waals surface area contributed by atoms with Gasteiger partial charge in [-0.25, -0.2) is 0 Å². The zero-order chi connectivity index (χ0) is 21.2.